The molecule has 0 fully saturated rings. The second kappa shape index (κ2) is 3.55. The largest absolute Gasteiger partial charge is 0.356 e. The average Bonchev–Trinajstić information content (AvgIpc) is 2.65. The van der Waals surface area contributed by atoms with Gasteiger partial charge in [0.25, 0.3) is 0 Å². The van der Waals surface area contributed by atoms with Crippen LogP contribution >= 0.6 is 0 Å². The zero-order valence-electron chi connectivity index (χ0n) is 7.27. The average molecular weight is 193 g/mol. The van der Waals surface area contributed by atoms with Gasteiger partial charge in [-0.15, -0.1) is 0 Å². The van der Waals surface area contributed by atoms with Crippen molar-refractivity contribution in [3.8, 4) is 11.3 Å². The third-order valence-corrected chi connectivity index (χ3v) is 1.83. The molecule has 2 aromatic heterocycles. The van der Waals surface area contributed by atoms with Gasteiger partial charge in [0.1, 0.15) is 5.82 Å². The molecule has 72 valence electrons. The number of pyridine rings is 1. The van der Waals surface area contributed by atoms with Crippen molar-refractivity contribution in [1.29, 1.82) is 0 Å². The standard InChI is InChI=1S/C9H8FN3O/c10-8-1-6(3-12-5-8)9-7(2-11)4-13-14-9/h1,3-5H,2,11H2. The lowest BCUT2D eigenvalue weighted by atomic mass is 10.1. The lowest BCUT2D eigenvalue weighted by Crippen LogP contribution is -1.96. The minimum atomic E-state index is -0.415. The topological polar surface area (TPSA) is 64.9 Å². The van der Waals surface area contributed by atoms with E-state index in [2.05, 4.69) is 10.1 Å². The van der Waals surface area contributed by atoms with E-state index in [0.29, 0.717) is 17.9 Å². The van der Waals surface area contributed by atoms with Crippen LogP contribution in [0.5, 0.6) is 0 Å². The van der Waals surface area contributed by atoms with Crippen molar-refractivity contribution in [3.63, 3.8) is 0 Å². The third kappa shape index (κ3) is 1.49. The molecule has 0 saturated carbocycles. The van der Waals surface area contributed by atoms with E-state index in [1.807, 2.05) is 0 Å². The monoisotopic (exact) mass is 193 g/mol. The molecule has 0 aliphatic carbocycles. The first kappa shape index (κ1) is 8.83. The highest BCUT2D eigenvalue weighted by Gasteiger charge is 2.09. The molecule has 2 rings (SSSR count). The maximum atomic E-state index is 12.8. The second-order valence-electron chi connectivity index (χ2n) is 2.78. The van der Waals surface area contributed by atoms with Crippen LogP contribution in [0.25, 0.3) is 11.3 Å². The molecule has 0 spiro atoms. The molecule has 0 amide bonds. The minimum absolute atomic E-state index is 0.301. The predicted molar refractivity (Wildman–Crippen MR) is 47.6 cm³/mol. The van der Waals surface area contributed by atoms with Crippen LogP contribution in [0, 0.1) is 5.82 Å². The summed E-state index contributed by atoms with van der Waals surface area (Å²) in [6.45, 7) is 0.301. The Morgan fingerprint density at radius 1 is 1.36 bits per heavy atom. The summed E-state index contributed by atoms with van der Waals surface area (Å²) in [6, 6.07) is 1.33. The van der Waals surface area contributed by atoms with E-state index in [-0.39, 0.29) is 0 Å². The maximum absolute atomic E-state index is 12.8. The van der Waals surface area contributed by atoms with Gasteiger partial charge in [0.2, 0.25) is 0 Å². The Balaban J connectivity index is 2.49. The Morgan fingerprint density at radius 2 is 2.21 bits per heavy atom. The van der Waals surface area contributed by atoms with E-state index in [0.717, 1.165) is 11.8 Å². The Morgan fingerprint density at radius 3 is 2.93 bits per heavy atom. The Labute approximate surface area is 79.5 Å². The van der Waals surface area contributed by atoms with Gasteiger partial charge in [-0.3, -0.25) is 4.98 Å². The van der Waals surface area contributed by atoms with Crippen LogP contribution in [-0.4, -0.2) is 10.1 Å². The summed E-state index contributed by atoms with van der Waals surface area (Å²) < 4.78 is 17.8. The molecule has 4 nitrogen and oxygen atoms in total. The van der Waals surface area contributed by atoms with Crippen LogP contribution in [0.4, 0.5) is 4.39 Å². The van der Waals surface area contributed by atoms with Gasteiger partial charge in [0, 0.05) is 23.9 Å². The summed E-state index contributed by atoms with van der Waals surface area (Å²) >= 11 is 0. The van der Waals surface area contributed by atoms with Gasteiger partial charge in [-0.25, -0.2) is 4.39 Å². The van der Waals surface area contributed by atoms with Crippen LogP contribution in [0.3, 0.4) is 0 Å². The van der Waals surface area contributed by atoms with E-state index < -0.39 is 5.82 Å². The zero-order chi connectivity index (χ0) is 9.97. The van der Waals surface area contributed by atoms with Crippen LogP contribution in [0.2, 0.25) is 0 Å². The molecule has 5 heteroatoms. The van der Waals surface area contributed by atoms with Gasteiger partial charge in [-0.2, -0.15) is 0 Å². The fourth-order valence-electron chi connectivity index (χ4n) is 1.18. The molecule has 0 atom stereocenters. The normalized spacial score (nSPS) is 10.4. The first-order valence-electron chi connectivity index (χ1n) is 4.06. The Bertz CT molecular complexity index is 441. The molecule has 0 saturated heterocycles. The first-order chi connectivity index (χ1) is 6.81. The highest BCUT2D eigenvalue weighted by Crippen LogP contribution is 2.22. The number of aromatic nitrogens is 2. The second-order valence-corrected chi connectivity index (χ2v) is 2.78. The van der Waals surface area contributed by atoms with E-state index in [1.54, 1.807) is 0 Å². The van der Waals surface area contributed by atoms with E-state index in [1.165, 1.54) is 18.5 Å². The van der Waals surface area contributed by atoms with Crippen molar-refractivity contribution in [3.05, 3.63) is 36.0 Å². The summed E-state index contributed by atoms with van der Waals surface area (Å²) in [5.41, 5.74) is 6.73. The van der Waals surface area contributed by atoms with Gasteiger partial charge >= 0.3 is 0 Å². The lowest BCUT2D eigenvalue weighted by molar-refractivity contribution is 0.431. The van der Waals surface area contributed by atoms with Crippen molar-refractivity contribution in [2.75, 3.05) is 0 Å². The van der Waals surface area contributed by atoms with Crippen LogP contribution in [0.15, 0.2) is 29.2 Å². The highest BCUT2D eigenvalue weighted by atomic mass is 19.1. The summed E-state index contributed by atoms with van der Waals surface area (Å²) in [5, 5.41) is 3.59. The molecule has 2 heterocycles. The van der Waals surface area contributed by atoms with E-state index in [9.17, 15) is 4.39 Å². The fourth-order valence-corrected chi connectivity index (χ4v) is 1.18. The Kier molecular flexibility index (Phi) is 2.24. The van der Waals surface area contributed by atoms with Gasteiger partial charge in [-0.05, 0) is 6.07 Å². The number of nitrogens with two attached hydrogens (primary N) is 1. The minimum Gasteiger partial charge on any atom is -0.356 e. The number of hydrogen-bond donors (Lipinski definition) is 1. The summed E-state index contributed by atoms with van der Waals surface area (Å²) in [5.74, 6) is 0.0568. The smallest absolute Gasteiger partial charge is 0.172 e. The molecule has 14 heavy (non-hydrogen) atoms. The molecule has 2 N–H and O–H groups in total. The van der Waals surface area contributed by atoms with Gasteiger partial charge < -0.3 is 10.3 Å². The molecule has 0 bridgehead atoms. The molecule has 0 aliphatic rings. The number of hydrogen-bond acceptors (Lipinski definition) is 4. The molecule has 2 aromatic rings. The number of nitrogens with zero attached hydrogens (tertiary/aromatic N) is 2. The zero-order valence-corrected chi connectivity index (χ0v) is 7.27. The third-order valence-electron chi connectivity index (χ3n) is 1.83. The molecular formula is C9H8FN3O. The molecule has 0 aromatic carbocycles. The van der Waals surface area contributed by atoms with Gasteiger partial charge in [0.15, 0.2) is 5.76 Å². The number of halogens is 1. The molecule has 0 unspecified atom stereocenters. The Hall–Kier alpha value is -1.75. The quantitative estimate of drug-likeness (QED) is 0.781. The van der Waals surface area contributed by atoms with Crippen molar-refractivity contribution >= 4 is 0 Å². The fraction of sp³-hybridized carbons (Fsp3) is 0.111. The summed E-state index contributed by atoms with van der Waals surface area (Å²) in [7, 11) is 0. The summed E-state index contributed by atoms with van der Waals surface area (Å²) in [6.07, 6.45) is 4.14. The van der Waals surface area contributed by atoms with Crippen LogP contribution < -0.4 is 5.73 Å². The van der Waals surface area contributed by atoms with Gasteiger partial charge in [0.05, 0.1) is 12.4 Å². The van der Waals surface area contributed by atoms with Gasteiger partial charge in [-0.1, -0.05) is 5.16 Å². The van der Waals surface area contributed by atoms with Crippen molar-refractivity contribution in [2.45, 2.75) is 6.54 Å². The molecule has 0 radical (unpaired) electrons. The predicted octanol–water partition coefficient (Wildman–Crippen LogP) is 1.33. The first-order valence-corrected chi connectivity index (χ1v) is 4.06. The van der Waals surface area contributed by atoms with Crippen LogP contribution in [0.1, 0.15) is 5.56 Å². The van der Waals surface area contributed by atoms with Crippen molar-refractivity contribution in [2.24, 2.45) is 5.73 Å². The SMILES string of the molecule is NCc1cnoc1-c1cncc(F)c1. The van der Waals surface area contributed by atoms with E-state index in [4.69, 9.17) is 10.3 Å². The van der Waals surface area contributed by atoms with E-state index >= 15 is 0 Å². The summed E-state index contributed by atoms with van der Waals surface area (Å²) in [4.78, 5) is 3.71. The lowest BCUT2D eigenvalue weighted by Gasteiger charge is -1.97. The van der Waals surface area contributed by atoms with Crippen molar-refractivity contribution < 1.29 is 8.91 Å². The van der Waals surface area contributed by atoms with Crippen LogP contribution in [-0.2, 0) is 6.54 Å². The maximum Gasteiger partial charge on any atom is 0.172 e. The molecular weight excluding hydrogens is 185 g/mol. The number of rotatable bonds is 2. The molecule has 0 aliphatic heterocycles. The highest BCUT2D eigenvalue weighted by molar-refractivity contribution is 5.59. The van der Waals surface area contributed by atoms with Crippen molar-refractivity contribution in [1.82, 2.24) is 10.1 Å².